The van der Waals surface area contributed by atoms with Crippen molar-refractivity contribution in [1.29, 1.82) is 0 Å². The Bertz CT molecular complexity index is 889. The minimum Gasteiger partial charge on any atom is -0.491 e. The molecule has 0 saturated carbocycles. The van der Waals surface area contributed by atoms with Crippen LogP contribution in [0.25, 0.3) is 0 Å². The third-order valence-electron chi connectivity index (χ3n) is 5.93. The van der Waals surface area contributed by atoms with Crippen LogP contribution in [0.1, 0.15) is 40.7 Å². The maximum atomic E-state index is 13.1. The van der Waals surface area contributed by atoms with Gasteiger partial charge in [-0.15, -0.1) is 0 Å². The lowest BCUT2D eigenvalue weighted by Gasteiger charge is -2.34. The summed E-state index contributed by atoms with van der Waals surface area (Å²) >= 11 is 0. The smallest absolute Gasteiger partial charge is 0.259 e. The molecule has 1 N–H and O–H groups in total. The fraction of sp³-hybridized carbons (Fsp3) is 0.478. The second-order valence-corrected chi connectivity index (χ2v) is 7.88. The minimum atomic E-state index is -0.113. The van der Waals surface area contributed by atoms with E-state index in [0.29, 0.717) is 31.1 Å². The van der Waals surface area contributed by atoms with Crippen molar-refractivity contribution in [3.05, 3.63) is 53.2 Å². The summed E-state index contributed by atoms with van der Waals surface area (Å²) in [6.45, 7) is 3.42. The van der Waals surface area contributed by atoms with Crippen molar-refractivity contribution < 1.29 is 19.4 Å². The minimum absolute atomic E-state index is 0.113. The maximum Gasteiger partial charge on any atom is 0.259 e. The van der Waals surface area contributed by atoms with Gasteiger partial charge in [-0.2, -0.15) is 0 Å². The van der Waals surface area contributed by atoms with Crippen LogP contribution < -0.4 is 9.47 Å². The van der Waals surface area contributed by atoms with Crippen LogP contribution in [0.2, 0.25) is 0 Å². The molecule has 4 rings (SSSR count). The van der Waals surface area contributed by atoms with Crippen LogP contribution in [0.4, 0.5) is 0 Å². The number of rotatable bonds is 5. The summed E-state index contributed by atoms with van der Waals surface area (Å²) in [6, 6.07) is 9.93. The van der Waals surface area contributed by atoms with Crippen molar-refractivity contribution in [2.24, 2.45) is 0 Å². The van der Waals surface area contributed by atoms with Gasteiger partial charge in [0.2, 0.25) is 5.88 Å². The number of aromatic nitrogens is 1. The third kappa shape index (κ3) is 4.42. The number of aliphatic hydroxyl groups is 1. The van der Waals surface area contributed by atoms with E-state index < -0.39 is 0 Å². The molecule has 2 aromatic rings. The molecule has 1 aromatic carbocycles. The molecule has 0 aliphatic carbocycles. The number of hydrogen-bond donors (Lipinski definition) is 1. The number of fused-ring (bicyclic) bond motifs is 1. The number of ether oxygens (including phenoxy) is 2. The maximum absolute atomic E-state index is 13.1. The molecule has 7 nitrogen and oxygen atoms in total. The Morgan fingerprint density at radius 3 is 3.03 bits per heavy atom. The summed E-state index contributed by atoms with van der Waals surface area (Å²) in [6.07, 6.45) is 5.00. The van der Waals surface area contributed by atoms with E-state index in [9.17, 15) is 9.90 Å². The highest BCUT2D eigenvalue weighted by Gasteiger charge is 2.25. The summed E-state index contributed by atoms with van der Waals surface area (Å²) in [7, 11) is 1.52. The predicted molar refractivity (Wildman–Crippen MR) is 113 cm³/mol. The van der Waals surface area contributed by atoms with E-state index in [-0.39, 0.29) is 18.6 Å². The molecule has 0 unspecified atom stereocenters. The Kier molecular flexibility index (Phi) is 6.50. The van der Waals surface area contributed by atoms with Gasteiger partial charge in [-0.25, -0.2) is 4.98 Å². The first-order valence-electron chi connectivity index (χ1n) is 10.6. The SMILES string of the molecule is COc1ncccc1C(=O)N1CCOc2ccc(CN3CCCC[C@H]3CO)cc2C1. The molecule has 1 fully saturated rings. The standard InChI is InChI=1S/C23H29N3O4/c1-29-22-20(6-4-9-24-22)23(28)26-11-12-30-21-8-7-17(13-18(21)15-26)14-25-10-3-2-5-19(25)16-27/h4,6-9,13,19,27H,2-3,5,10-12,14-16H2,1H3/t19-/m0/s1. The molecule has 1 aromatic heterocycles. The third-order valence-corrected chi connectivity index (χ3v) is 5.93. The van der Waals surface area contributed by atoms with Gasteiger partial charge < -0.3 is 19.5 Å². The molecule has 30 heavy (non-hydrogen) atoms. The molecule has 7 heteroatoms. The number of hydrogen-bond acceptors (Lipinski definition) is 6. The zero-order valence-corrected chi connectivity index (χ0v) is 17.4. The quantitative estimate of drug-likeness (QED) is 0.815. The average molecular weight is 412 g/mol. The summed E-state index contributed by atoms with van der Waals surface area (Å²) < 4.78 is 11.2. The summed E-state index contributed by atoms with van der Waals surface area (Å²) in [5.41, 5.74) is 2.63. The van der Waals surface area contributed by atoms with Crippen LogP contribution in [-0.4, -0.2) is 65.3 Å². The number of nitrogens with zero attached hydrogens (tertiary/aromatic N) is 3. The van der Waals surface area contributed by atoms with E-state index in [1.54, 1.807) is 23.2 Å². The lowest BCUT2D eigenvalue weighted by molar-refractivity contribution is 0.0728. The normalized spacial score (nSPS) is 19.5. The van der Waals surface area contributed by atoms with Crippen LogP contribution in [0, 0.1) is 0 Å². The lowest BCUT2D eigenvalue weighted by Crippen LogP contribution is -2.41. The number of benzene rings is 1. The molecule has 1 atom stereocenters. The second-order valence-electron chi connectivity index (χ2n) is 7.88. The summed E-state index contributed by atoms with van der Waals surface area (Å²) in [4.78, 5) is 21.4. The monoisotopic (exact) mass is 411 g/mol. The largest absolute Gasteiger partial charge is 0.491 e. The van der Waals surface area contributed by atoms with Crippen LogP contribution in [0.3, 0.4) is 0 Å². The van der Waals surface area contributed by atoms with Crippen molar-refractivity contribution in [2.45, 2.75) is 38.4 Å². The van der Waals surface area contributed by atoms with Crippen LogP contribution in [0.15, 0.2) is 36.5 Å². The number of pyridine rings is 1. The zero-order chi connectivity index (χ0) is 20.9. The fourth-order valence-electron chi connectivity index (χ4n) is 4.32. The number of amides is 1. The molecule has 2 aliphatic heterocycles. The first-order valence-corrected chi connectivity index (χ1v) is 10.6. The first kappa shape index (κ1) is 20.6. The first-order chi connectivity index (χ1) is 14.7. The lowest BCUT2D eigenvalue weighted by atomic mass is 10.0. The molecular weight excluding hydrogens is 382 g/mol. The van der Waals surface area contributed by atoms with E-state index in [1.807, 2.05) is 6.07 Å². The van der Waals surface area contributed by atoms with E-state index in [4.69, 9.17) is 9.47 Å². The van der Waals surface area contributed by atoms with Crippen molar-refractivity contribution >= 4 is 5.91 Å². The predicted octanol–water partition coefficient (Wildman–Crippen LogP) is 2.47. The van der Waals surface area contributed by atoms with Gasteiger partial charge in [0.15, 0.2) is 0 Å². The van der Waals surface area contributed by atoms with Crippen molar-refractivity contribution in [1.82, 2.24) is 14.8 Å². The van der Waals surface area contributed by atoms with Crippen LogP contribution in [0.5, 0.6) is 11.6 Å². The molecule has 160 valence electrons. The molecule has 0 radical (unpaired) electrons. The van der Waals surface area contributed by atoms with E-state index in [2.05, 4.69) is 22.0 Å². The van der Waals surface area contributed by atoms with Gasteiger partial charge in [0.25, 0.3) is 5.91 Å². The van der Waals surface area contributed by atoms with Crippen LogP contribution in [-0.2, 0) is 13.1 Å². The van der Waals surface area contributed by atoms with Crippen molar-refractivity contribution in [3.63, 3.8) is 0 Å². The second kappa shape index (κ2) is 9.45. The van der Waals surface area contributed by atoms with Gasteiger partial charge in [0.1, 0.15) is 17.9 Å². The van der Waals surface area contributed by atoms with E-state index in [0.717, 1.165) is 30.8 Å². The number of carbonyl (C=O) groups excluding carboxylic acids is 1. The van der Waals surface area contributed by atoms with E-state index >= 15 is 0 Å². The highest BCUT2D eigenvalue weighted by atomic mass is 16.5. The Balaban J connectivity index is 1.53. The molecule has 2 aliphatic rings. The van der Waals surface area contributed by atoms with Gasteiger partial charge in [-0.3, -0.25) is 9.69 Å². The fourth-order valence-corrected chi connectivity index (χ4v) is 4.32. The molecule has 0 spiro atoms. The number of piperidine rings is 1. The van der Waals surface area contributed by atoms with E-state index in [1.165, 1.54) is 25.5 Å². The molecule has 0 bridgehead atoms. The summed E-state index contributed by atoms with van der Waals surface area (Å²) in [5.74, 6) is 1.05. The highest BCUT2D eigenvalue weighted by Crippen LogP contribution is 2.28. The molecule has 3 heterocycles. The van der Waals surface area contributed by atoms with Gasteiger partial charge in [0, 0.05) is 30.9 Å². The van der Waals surface area contributed by atoms with Gasteiger partial charge in [-0.1, -0.05) is 12.5 Å². The average Bonchev–Trinajstić information content (AvgIpc) is 3.01. The Hall–Kier alpha value is -2.64. The highest BCUT2D eigenvalue weighted by molar-refractivity contribution is 5.96. The van der Waals surface area contributed by atoms with Crippen molar-refractivity contribution in [3.8, 4) is 11.6 Å². The zero-order valence-electron chi connectivity index (χ0n) is 17.4. The van der Waals surface area contributed by atoms with Crippen molar-refractivity contribution in [2.75, 3.05) is 33.4 Å². The van der Waals surface area contributed by atoms with Gasteiger partial charge in [-0.05, 0) is 49.2 Å². The summed E-state index contributed by atoms with van der Waals surface area (Å²) in [5, 5.41) is 9.69. The number of aliphatic hydroxyl groups excluding tert-OH is 1. The van der Waals surface area contributed by atoms with Gasteiger partial charge >= 0.3 is 0 Å². The topological polar surface area (TPSA) is 75.1 Å². The molecular formula is C23H29N3O4. The number of likely N-dealkylation sites (tertiary alicyclic amines) is 1. The Morgan fingerprint density at radius 1 is 1.30 bits per heavy atom. The van der Waals surface area contributed by atoms with Crippen LogP contribution >= 0.6 is 0 Å². The number of carbonyl (C=O) groups is 1. The molecule has 1 amide bonds. The Morgan fingerprint density at radius 2 is 2.20 bits per heavy atom. The Labute approximate surface area is 177 Å². The van der Waals surface area contributed by atoms with Gasteiger partial charge in [0.05, 0.1) is 20.3 Å². The number of methoxy groups -OCH3 is 1. The molecule has 1 saturated heterocycles.